The molecular formula is C6H12N2PtS4. The van der Waals surface area contributed by atoms with Gasteiger partial charge in [0.1, 0.15) is 8.64 Å². The smallest absolute Gasteiger partial charge is 0.146 e. The zero-order chi connectivity index (χ0) is 9.72. The van der Waals surface area contributed by atoms with Gasteiger partial charge in [0.15, 0.2) is 0 Å². The second-order valence-electron chi connectivity index (χ2n) is 2.49. The average Bonchev–Trinajstić information content (AvgIpc) is 1.98. The molecule has 0 saturated heterocycles. The SMILES string of the molecule is CN(C)C(=S)SSC(=S)N(C)C.[Pt]. The van der Waals surface area contributed by atoms with Crippen LogP contribution in [0.3, 0.4) is 0 Å². The Labute approximate surface area is 113 Å². The number of hydrogen-bond donors (Lipinski definition) is 0. The molecule has 0 aromatic carbocycles. The minimum atomic E-state index is 0. The van der Waals surface area contributed by atoms with Crippen molar-refractivity contribution in [2.24, 2.45) is 0 Å². The van der Waals surface area contributed by atoms with Crippen molar-refractivity contribution in [3.8, 4) is 0 Å². The molecule has 0 aliphatic rings. The van der Waals surface area contributed by atoms with Crippen LogP contribution in [0.15, 0.2) is 0 Å². The average molecular weight is 436 g/mol. The number of thiocarbonyl (C=S) groups is 2. The largest absolute Gasteiger partial charge is 0.363 e. The van der Waals surface area contributed by atoms with Gasteiger partial charge in [-0.2, -0.15) is 0 Å². The van der Waals surface area contributed by atoms with E-state index in [1.54, 1.807) is 0 Å². The molecule has 0 atom stereocenters. The fourth-order valence-electron chi connectivity index (χ4n) is 0.220. The van der Waals surface area contributed by atoms with Gasteiger partial charge >= 0.3 is 0 Å². The van der Waals surface area contributed by atoms with Crippen LogP contribution in [0.2, 0.25) is 0 Å². The summed E-state index contributed by atoms with van der Waals surface area (Å²) in [4.78, 5) is 3.79. The predicted molar refractivity (Wildman–Crippen MR) is 67.8 cm³/mol. The zero-order valence-electron chi connectivity index (χ0n) is 7.84. The van der Waals surface area contributed by atoms with E-state index in [-0.39, 0.29) is 21.1 Å². The van der Waals surface area contributed by atoms with Gasteiger partial charge in [-0.3, -0.25) is 0 Å². The van der Waals surface area contributed by atoms with E-state index in [1.165, 1.54) is 21.6 Å². The molecule has 7 heteroatoms. The first-order valence-electron chi connectivity index (χ1n) is 3.22. The van der Waals surface area contributed by atoms with Gasteiger partial charge in [-0.05, 0) is 21.6 Å². The molecule has 0 radical (unpaired) electrons. The maximum Gasteiger partial charge on any atom is 0.146 e. The fourth-order valence-corrected chi connectivity index (χ4v) is 2.60. The molecule has 0 heterocycles. The van der Waals surface area contributed by atoms with Crippen LogP contribution in [-0.4, -0.2) is 46.6 Å². The van der Waals surface area contributed by atoms with E-state index in [0.717, 1.165) is 8.64 Å². The van der Waals surface area contributed by atoms with Crippen LogP contribution < -0.4 is 0 Å². The molecular weight excluding hydrogens is 423 g/mol. The number of nitrogens with zero attached hydrogens (tertiary/aromatic N) is 2. The summed E-state index contributed by atoms with van der Waals surface area (Å²) < 4.78 is 1.67. The molecule has 0 aliphatic carbocycles. The first kappa shape index (κ1) is 16.6. The summed E-state index contributed by atoms with van der Waals surface area (Å²) >= 11 is 10.1. The third kappa shape index (κ3) is 8.18. The normalized spacial score (nSPS) is 8.62. The molecule has 0 N–H and O–H groups in total. The van der Waals surface area contributed by atoms with Crippen LogP contribution in [0, 0.1) is 0 Å². The Morgan fingerprint density at radius 3 is 1.23 bits per heavy atom. The molecule has 0 bridgehead atoms. The van der Waals surface area contributed by atoms with Crippen molar-refractivity contribution < 1.29 is 21.1 Å². The molecule has 0 rings (SSSR count). The monoisotopic (exact) mass is 435 g/mol. The first-order chi connectivity index (χ1) is 5.45. The van der Waals surface area contributed by atoms with Crippen molar-refractivity contribution in [1.29, 1.82) is 0 Å². The summed E-state index contributed by atoms with van der Waals surface area (Å²) in [5, 5.41) is 0. The van der Waals surface area contributed by atoms with E-state index in [2.05, 4.69) is 0 Å². The molecule has 0 saturated carbocycles. The van der Waals surface area contributed by atoms with E-state index in [4.69, 9.17) is 24.4 Å². The quantitative estimate of drug-likeness (QED) is 0.422. The molecule has 2 nitrogen and oxygen atoms in total. The number of rotatable bonds is 0. The molecule has 0 amide bonds. The summed E-state index contributed by atoms with van der Waals surface area (Å²) in [5.41, 5.74) is 0. The van der Waals surface area contributed by atoms with Crippen molar-refractivity contribution in [3.63, 3.8) is 0 Å². The molecule has 0 fully saturated rings. The summed E-state index contributed by atoms with van der Waals surface area (Å²) in [6, 6.07) is 0. The van der Waals surface area contributed by atoms with Crippen LogP contribution in [0.25, 0.3) is 0 Å². The summed E-state index contributed by atoms with van der Waals surface area (Å²) in [6.07, 6.45) is 0. The summed E-state index contributed by atoms with van der Waals surface area (Å²) in [5.74, 6) is 0. The summed E-state index contributed by atoms with van der Waals surface area (Å²) in [6.45, 7) is 0. The summed E-state index contributed by atoms with van der Waals surface area (Å²) in [7, 11) is 10.7. The first-order valence-corrected chi connectivity index (χ1v) is 6.19. The van der Waals surface area contributed by atoms with E-state index in [9.17, 15) is 0 Å². The Bertz CT molecular complexity index is 163. The van der Waals surface area contributed by atoms with Crippen molar-refractivity contribution in [2.45, 2.75) is 0 Å². The van der Waals surface area contributed by atoms with Gasteiger partial charge in [-0.15, -0.1) is 0 Å². The minimum Gasteiger partial charge on any atom is -0.363 e. The maximum atomic E-state index is 5.07. The molecule has 0 aromatic rings. The fraction of sp³-hybridized carbons (Fsp3) is 0.667. The standard InChI is InChI=1S/C6H12N2S4.Pt/c1-7(2)5(9)11-12-6(10)8(3)4;/h1-4H3;. The van der Waals surface area contributed by atoms with Crippen LogP contribution in [-0.2, 0) is 21.1 Å². The van der Waals surface area contributed by atoms with Gasteiger partial charge < -0.3 is 9.80 Å². The van der Waals surface area contributed by atoms with Crippen LogP contribution in [0.1, 0.15) is 0 Å². The zero-order valence-corrected chi connectivity index (χ0v) is 13.4. The third-order valence-electron chi connectivity index (χ3n) is 0.915. The Morgan fingerprint density at radius 2 is 1.08 bits per heavy atom. The van der Waals surface area contributed by atoms with Crippen LogP contribution >= 0.6 is 46.0 Å². The van der Waals surface area contributed by atoms with Crippen molar-refractivity contribution in [2.75, 3.05) is 28.2 Å². The minimum absolute atomic E-state index is 0. The molecule has 80 valence electrons. The van der Waals surface area contributed by atoms with Crippen LogP contribution in [0.5, 0.6) is 0 Å². The van der Waals surface area contributed by atoms with Gasteiger partial charge in [0, 0.05) is 49.3 Å². The van der Waals surface area contributed by atoms with E-state index >= 15 is 0 Å². The second-order valence-corrected chi connectivity index (χ2v) is 5.88. The Hall–Kier alpha value is 1.17. The van der Waals surface area contributed by atoms with Crippen molar-refractivity contribution in [3.05, 3.63) is 0 Å². The van der Waals surface area contributed by atoms with Gasteiger partial charge in [0.05, 0.1) is 0 Å². The molecule has 13 heavy (non-hydrogen) atoms. The Morgan fingerprint density at radius 1 is 0.846 bits per heavy atom. The third-order valence-corrected chi connectivity index (χ3v) is 5.07. The maximum absolute atomic E-state index is 5.07. The van der Waals surface area contributed by atoms with Gasteiger partial charge in [0.2, 0.25) is 0 Å². The van der Waals surface area contributed by atoms with Crippen LogP contribution in [0.4, 0.5) is 0 Å². The molecule has 0 spiro atoms. The Balaban J connectivity index is 0. The van der Waals surface area contributed by atoms with E-state index in [0.29, 0.717) is 0 Å². The van der Waals surface area contributed by atoms with Gasteiger partial charge in [-0.25, -0.2) is 0 Å². The second kappa shape index (κ2) is 8.47. The predicted octanol–water partition coefficient (Wildman–Crippen LogP) is 2.06. The van der Waals surface area contributed by atoms with Gasteiger partial charge in [0.25, 0.3) is 0 Å². The molecule has 0 unspecified atom stereocenters. The topological polar surface area (TPSA) is 6.48 Å². The van der Waals surface area contributed by atoms with Gasteiger partial charge in [-0.1, -0.05) is 24.4 Å². The molecule has 0 aromatic heterocycles. The van der Waals surface area contributed by atoms with Crippen molar-refractivity contribution in [1.82, 2.24) is 9.80 Å². The van der Waals surface area contributed by atoms with E-state index in [1.807, 2.05) is 38.0 Å². The Kier molecular flexibility index (Phi) is 10.8. The van der Waals surface area contributed by atoms with E-state index < -0.39 is 0 Å². The van der Waals surface area contributed by atoms with Crippen molar-refractivity contribution >= 4 is 54.7 Å². The number of hydrogen-bond acceptors (Lipinski definition) is 4. The molecule has 0 aliphatic heterocycles.